The second-order valence-electron chi connectivity index (χ2n) is 8.47. The summed E-state index contributed by atoms with van der Waals surface area (Å²) in [6.45, 7) is 3.78. The minimum atomic E-state index is -2.79. The molecule has 1 aliphatic carbocycles. The lowest BCUT2D eigenvalue weighted by Gasteiger charge is -2.16. The Hall–Kier alpha value is -3.35. The molecule has 10 nitrogen and oxygen atoms in total. The average molecular weight is 481 g/mol. The van der Waals surface area contributed by atoms with E-state index in [1.165, 1.54) is 11.6 Å². The quantitative estimate of drug-likeness (QED) is 0.445. The van der Waals surface area contributed by atoms with Gasteiger partial charge in [-0.1, -0.05) is 0 Å². The molecule has 184 valence electrons. The number of aromatic nitrogens is 5. The Kier molecular flexibility index (Phi) is 6.91. The summed E-state index contributed by atoms with van der Waals surface area (Å²) < 4.78 is 52.8. The zero-order valence-electron chi connectivity index (χ0n) is 18.9. The fourth-order valence-electron chi connectivity index (χ4n) is 3.94. The van der Waals surface area contributed by atoms with E-state index in [2.05, 4.69) is 30.9 Å². The van der Waals surface area contributed by atoms with Crippen molar-refractivity contribution < 1.29 is 27.4 Å². The van der Waals surface area contributed by atoms with Crippen LogP contribution in [0, 0.1) is 0 Å². The number of rotatable bonds is 8. The summed E-state index contributed by atoms with van der Waals surface area (Å²) in [5.41, 5.74) is 1.20. The van der Waals surface area contributed by atoms with Crippen LogP contribution in [-0.4, -0.2) is 56.3 Å². The largest absolute Gasteiger partial charge is 0.443 e. The van der Waals surface area contributed by atoms with Crippen molar-refractivity contribution in [3.05, 3.63) is 35.4 Å². The number of alkyl carbamates (subject to hydrolysis) is 1. The van der Waals surface area contributed by atoms with E-state index in [4.69, 9.17) is 9.47 Å². The molecule has 3 heterocycles. The van der Waals surface area contributed by atoms with E-state index in [0.717, 1.165) is 6.20 Å². The van der Waals surface area contributed by atoms with Crippen molar-refractivity contribution in [1.29, 1.82) is 0 Å². The Balaban J connectivity index is 1.50. The summed E-state index contributed by atoms with van der Waals surface area (Å²) in [6, 6.07) is 3.22. The number of carbonyl (C=O) groups excluding carboxylic acids is 1. The maximum Gasteiger partial charge on any atom is 0.407 e. The van der Waals surface area contributed by atoms with Gasteiger partial charge in [0.1, 0.15) is 23.5 Å². The minimum absolute atomic E-state index is 0.117. The molecule has 3 aromatic rings. The predicted octanol–water partition coefficient (Wildman–Crippen LogP) is 4.00. The highest BCUT2D eigenvalue weighted by Crippen LogP contribution is 2.38. The number of methoxy groups -OCH3 is 1. The molecule has 1 aliphatic rings. The molecule has 1 saturated carbocycles. The molecule has 0 radical (unpaired) electrons. The molecule has 13 heteroatoms. The standard InChI is InChI=1S/C21H26F3N7O3/c1-10(2)25-21(32)34-17-5-11(4-13(17)22)14-7-18(29-28-14)27-20-16-6-12(9-33-3)30-31(16)8-15(26-20)19(23)24/h6-8,10-11,13,17,19H,4-5,9H2,1-3H3,(H,25,32)(H2,26,27,28,29)/t11-,13+,17-/m0/s1. The van der Waals surface area contributed by atoms with Crippen LogP contribution in [0.4, 0.5) is 29.6 Å². The minimum Gasteiger partial charge on any atom is -0.443 e. The van der Waals surface area contributed by atoms with Crippen molar-refractivity contribution in [3.8, 4) is 0 Å². The van der Waals surface area contributed by atoms with Crippen LogP contribution in [0.15, 0.2) is 18.3 Å². The van der Waals surface area contributed by atoms with Crippen molar-refractivity contribution >= 4 is 23.2 Å². The molecule has 0 saturated heterocycles. The summed E-state index contributed by atoms with van der Waals surface area (Å²) >= 11 is 0. The van der Waals surface area contributed by atoms with E-state index in [0.29, 0.717) is 29.1 Å². The van der Waals surface area contributed by atoms with Gasteiger partial charge in [0, 0.05) is 30.8 Å². The van der Waals surface area contributed by atoms with E-state index in [9.17, 15) is 18.0 Å². The van der Waals surface area contributed by atoms with Gasteiger partial charge in [-0.2, -0.15) is 10.2 Å². The summed E-state index contributed by atoms with van der Waals surface area (Å²) in [5, 5.41) is 16.8. The van der Waals surface area contributed by atoms with Gasteiger partial charge < -0.3 is 20.1 Å². The van der Waals surface area contributed by atoms with Crippen molar-refractivity contribution in [2.75, 3.05) is 12.4 Å². The molecule has 0 unspecified atom stereocenters. The van der Waals surface area contributed by atoms with Crippen LogP contribution in [0.5, 0.6) is 0 Å². The lowest BCUT2D eigenvalue weighted by atomic mass is 10.0. The molecule has 34 heavy (non-hydrogen) atoms. The molecule has 0 bridgehead atoms. The first-order valence-corrected chi connectivity index (χ1v) is 10.8. The Bertz CT molecular complexity index is 1150. The first-order chi connectivity index (χ1) is 16.2. The molecule has 0 spiro atoms. The smallest absolute Gasteiger partial charge is 0.407 e. The molecule has 4 rings (SSSR count). The Morgan fingerprint density at radius 2 is 2.12 bits per heavy atom. The summed E-state index contributed by atoms with van der Waals surface area (Å²) in [4.78, 5) is 15.8. The number of H-pyrrole nitrogens is 1. The Morgan fingerprint density at radius 3 is 2.82 bits per heavy atom. The van der Waals surface area contributed by atoms with Crippen molar-refractivity contribution in [2.45, 2.75) is 64.0 Å². The van der Waals surface area contributed by atoms with E-state index in [-0.39, 0.29) is 30.8 Å². The van der Waals surface area contributed by atoms with Gasteiger partial charge in [0.25, 0.3) is 6.43 Å². The van der Waals surface area contributed by atoms with Gasteiger partial charge in [-0.05, 0) is 32.8 Å². The Morgan fingerprint density at radius 1 is 1.32 bits per heavy atom. The summed E-state index contributed by atoms with van der Waals surface area (Å²) in [6.07, 6.45) is -4.00. The fraction of sp³-hybridized carbons (Fsp3) is 0.524. The monoisotopic (exact) mass is 481 g/mol. The number of halogens is 3. The van der Waals surface area contributed by atoms with Crippen LogP contribution in [0.2, 0.25) is 0 Å². The first kappa shape index (κ1) is 23.8. The first-order valence-electron chi connectivity index (χ1n) is 10.8. The number of ether oxygens (including phenoxy) is 2. The van der Waals surface area contributed by atoms with Gasteiger partial charge in [0.15, 0.2) is 11.6 Å². The summed E-state index contributed by atoms with van der Waals surface area (Å²) in [7, 11) is 1.51. The molecule has 0 aromatic carbocycles. The van der Waals surface area contributed by atoms with Gasteiger partial charge in [-0.3, -0.25) is 5.10 Å². The topological polar surface area (TPSA) is 118 Å². The number of alkyl halides is 3. The highest BCUT2D eigenvalue weighted by atomic mass is 19.3. The number of amides is 1. The molecular formula is C21H26F3N7O3. The predicted molar refractivity (Wildman–Crippen MR) is 116 cm³/mol. The van der Waals surface area contributed by atoms with Crippen LogP contribution in [0.1, 0.15) is 56.1 Å². The van der Waals surface area contributed by atoms with Crippen LogP contribution >= 0.6 is 0 Å². The van der Waals surface area contributed by atoms with E-state index >= 15 is 0 Å². The average Bonchev–Trinajstić information content (AvgIpc) is 3.46. The van der Waals surface area contributed by atoms with Gasteiger partial charge >= 0.3 is 6.09 Å². The third kappa shape index (κ3) is 5.24. The second-order valence-corrected chi connectivity index (χ2v) is 8.47. The molecule has 1 amide bonds. The maximum absolute atomic E-state index is 14.5. The highest BCUT2D eigenvalue weighted by molar-refractivity contribution is 5.72. The lowest BCUT2D eigenvalue weighted by Crippen LogP contribution is -2.35. The van der Waals surface area contributed by atoms with E-state index < -0.39 is 30.5 Å². The lowest BCUT2D eigenvalue weighted by molar-refractivity contribution is 0.0593. The van der Waals surface area contributed by atoms with Crippen LogP contribution in [-0.2, 0) is 16.1 Å². The van der Waals surface area contributed by atoms with E-state index in [1.807, 2.05) is 0 Å². The van der Waals surface area contributed by atoms with Gasteiger partial charge in [-0.15, -0.1) is 0 Å². The van der Waals surface area contributed by atoms with Gasteiger partial charge in [0.2, 0.25) is 0 Å². The number of aromatic amines is 1. The third-order valence-corrected chi connectivity index (χ3v) is 5.42. The highest BCUT2D eigenvalue weighted by Gasteiger charge is 2.38. The van der Waals surface area contributed by atoms with Crippen LogP contribution in [0.3, 0.4) is 0 Å². The third-order valence-electron chi connectivity index (χ3n) is 5.42. The van der Waals surface area contributed by atoms with Crippen LogP contribution < -0.4 is 10.6 Å². The zero-order valence-corrected chi connectivity index (χ0v) is 18.9. The fourth-order valence-corrected chi connectivity index (χ4v) is 3.94. The van der Waals surface area contributed by atoms with Gasteiger partial charge in [-0.25, -0.2) is 27.5 Å². The normalized spacial score (nSPS) is 20.4. The van der Waals surface area contributed by atoms with Crippen molar-refractivity contribution in [1.82, 2.24) is 30.1 Å². The number of fused-ring (bicyclic) bond motifs is 1. The maximum atomic E-state index is 14.5. The van der Waals surface area contributed by atoms with Gasteiger partial charge in [0.05, 0.1) is 18.5 Å². The van der Waals surface area contributed by atoms with Crippen molar-refractivity contribution in [2.24, 2.45) is 0 Å². The molecule has 0 aliphatic heterocycles. The van der Waals surface area contributed by atoms with Crippen LogP contribution in [0.25, 0.3) is 5.52 Å². The second kappa shape index (κ2) is 9.87. The zero-order chi connectivity index (χ0) is 24.4. The van der Waals surface area contributed by atoms with E-state index in [1.54, 1.807) is 26.0 Å². The molecule has 3 N–H and O–H groups in total. The Labute approximate surface area is 193 Å². The van der Waals surface area contributed by atoms with Crippen molar-refractivity contribution in [3.63, 3.8) is 0 Å². The molecular weight excluding hydrogens is 455 g/mol. The number of anilines is 2. The number of carbonyl (C=O) groups is 1. The summed E-state index contributed by atoms with van der Waals surface area (Å²) in [5.74, 6) is 0.216. The molecule has 1 fully saturated rings. The number of nitrogens with zero attached hydrogens (tertiary/aromatic N) is 4. The SMILES string of the molecule is COCc1cc2c(Nc3cc([C@H]4C[C@@H](F)[C@@H](OC(=O)NC(C)C)C4)[nH]n3)nc(C(F)F)cn2n1. The molecule has 3 atom stereocenters. The molecule has 3 aromatic heterocycles. The number of hydrogen-bond donors (Lipinski definition) is 3. The number of nitrogens with one attached hydrogen (secondary N) is 3. The number of hydrogen-bond acceptors (Lipinski definition) is 7.